The maximum absolute atomic E-state index is 13.6. The molecule has 150 valence electrons. The zero-order chi connectivity index (χ0) is 20.7. The largest absolute Gasteiger partial charge is 0.298 e. The quantitative estimate of drug-likeness (QED) is 0.543. The highest BCUT2D eigenvalue weighted by Crippen LogP contribution is 2.35. The molecule has 0 spiro atoms. The first-order valence-electron chi connectivity index (χ1n) is 10.3. The second-order valence-corrected chi connectivity index (χ2v) is 7.61. The van der Waals surface area contributed by atoms with E-state index in [4.69, 9.17) is 0 Å². The molecule has 2 aromatic rings. The molecule has 0 aliphatic heterocycles. The minimum atomic E-state index is -2.28. The van der Waals surface area contributed by atoms with Crippen LogP contribution in [0.4, 0.5) is 0 Å². The van der Waals surface area contributed by atoms with Crippen LogP contribution in [0.1, 0.15) is 72.1 Å². The molecule has 4 nitrogen and oxygen atoms in total. The molecule has 0 heterocycles. The zero-order valence-electron chi connectivity index (χ0n) is 16.6. The third-order valence-electron chi connectivity index (χ3n) is 5.65. The molecule has 3 rings (SSSR count). The molecule has 0 atom stereocenters. The van der Waals surface area contributed by atoms with E-state index in [1.165, 1.54) is 0 Å². The van der Waals surface area contributed by atoms with E-state index < -0.39 is 28.5 Å². The van der Waals surface area contributed by atoms with Crippen molar-refractivity contribution in [2.24, 2.45) is 5.41 Å². The predicted octanol–water partition coefficient (Wildman–Crippen LogP) is 5.01. The van der Waals surface area contributed by atoms with Gasteiger partial charge in [0.15, 0.2) is 23.1 Å². The van der Waals surface area contributed by atoms with Gasteiger partial charge in [-0.1, -0.05) is 86.3 Å². The minimum Gasteiger partial charge on any atom is -0.298 e. The van der Waals surface area contributed by atoms with Gasteiger partial charge in [0, 0.05) is 24.0 Å². The number of hydrogen-bond acceptors (Lipinski definition) is 4. The van der Waals surface area contributed by atoms with Crippen LogP contribution in [0.15, 0.2) is 60.7 Å². The van der Waals surface area contributed by atoms with E-state index in [2.05, 4.69) is 0 Å². The number of rotatable bonds is 4. The monoisotopic (exact) mass is 390 g/mol. The van der Waals surface area contributed by atoms with Crippen molar-refractivity contribution >= 4 is 23.1 Å². The Morgan fingerprint density at radius 1 is 0.552 bits per heavy atom. The summed E-state index contributed by atoms with van der Waals surface area (Å²) in [7, 11) is 0. The summed E-state index contributed by atoms with van der Waals surface area (Å²) in [6.07, 6.45) is 4.98. The molecule has 0 N–H and O–H groups in total. The molecule has 1 aliphatic carbocycles. The molecule has 0 radical (unpaired) electrons. The number of ketones is 4. The van der Waals surface area contributed by atoms with Crippen LogP contribution in [0.2, 0.25) is 0 Å². The zero-order valence-corrected chi connectivity index (χ0v) is 16.6. The topological polar surface area (TPSA) is 68.3 Å². The van der Waals surface area contributed by atoms with Gasteiger partial charge >= 0.3 is 0 Å². The van der Waals surface area contributed by atoms with Crippen molar-refractivity contribution < 1.29 is 19.2 Å². The third-order valence-corrected chi connectivity index (χ3v) is 5.65. The number of carbonyl (C=O) groups excluding carboxylic acids is 4. The maximum atomic E-state index is 13.6. The summed E-state index contributed by atoms with van der Waals surface area (Å²) in [6.45, 7) is 0. The molecule has 0 unspecified atom stereocenters. The van der Waals surface area contributed by atoms with Gasteiger partial charge in [0.25, 0.3) is 0 Å². The average molecular weight is 390 g/mol. The number of hydrogen-bond donors (Lipinski definition) is 0. The van der Waals surface area contributed by atoms with Gasteiger partial charge in [0.1, 0.15) is 0 Å². The number of Topliss-reactive ketones (excluding diaryl/α,β-unsaturated/α-hetero) is 4. The van der Waals surface area contributed by atoms with Crippen molar-refractivity contribution in [2.75, 3.05) is 0 Å². The SMILES string of the molecule is O=C1CCCCCCCCC(=O)C1(C(=O)c1ccccc1)C(=O)c1ccccc1. The van der Waals surface area contributed by atoms with Gasteiger partial charge in [-0.25, -0.2) is 0 Å². The number of carbonyl (C=O) groups is 4. The van der Waals surface area contributed by atoms with Gasteiger partial charge in [0.2, 0.25) is 5.41 Å². The van der Waals surface area contributed by atoms with Crippen molar-refractivity contribution in [2.45, 2.75) is 51.4 Å². The fourth-order valence-electron chi connectivity index (χ4n) is 4.03. The average Bonchev–Trinajstić information content (AvgIpc) is 2.79. The van der Waals surface area contributed by atoms with Gasteiger partial charge in [0.05, 0.1) is 0 Å². The highest BCUT2D eigenvalue weighted by Gasteiger charge is 2.57. The van der Waals surface area contributed by atoms with Gasteiger partial charge in [-0.05, 0) is 12.8 Å². The van der Waals surface area contributed by atoms with E-state index in [1.54, 1.807) is 60.7 Å². The second-order valence-electron chi connectivity index (χ2n) is 7.61. The van der Waals surface area contributed by atoms with Crippen molar-refractivity contribution in [3.8, 4) is 0 Å². The molecule has 1 aliphatic rings. The van der Waals surface area contributed by atoms with Crippen LogP contribution < -0.4 is 0 Å². The lowest BCUT2D eigenvalue weighted by Gasteiger charge is -2.28. The molecule has 29 heavy (non-hydrogen) atoms. The first-order valence-corrected chi connectivity index (χ1v) is 10.3. The Bertz CT molecular complexity index is 808. The van der Waals surface area contributed by atoms with Crippen molar-refractivity contribution in [1.29, 1.82) is 0 Å². The molecule has 0 bridgehead atoms. The van der Waals surface area contributed by atoms with Crippen LogP contribution in [-0.4, -0.2) is 23.1 Å². The Hall–Kier alpha value is -2.88. The van der Waals surface area contributed by atoms with Gasteiger partial charge in [-0.2, -0.15) is 0 Å². The summed E-state index contributed by atoms with van der Waals surface area (Å²) in [6, 6.07) is 16.5. The lowest BCUT2D eigenvalue weighted by Crippen LogP contribution is -2.52. The molecular weight excluding hydrogens is 364 g/mol. The van der Waals surface area contributed by atoms with Gasteiger partial charge in [-0.3, -0.25) is 19.2 Å². The number of benzene rings is 2. The smallest absolute Gasteiger partial charge is 0.212 e. The third kappa shape index (κ3) is 4.26. The Kier molecular flexibility index (Phi) is 6.86. The fourth-order valence-corrected chi connectivity index (χ4v) is 4.03. The highest BCUT2D eigenvalue weighted by atomic mass is 16.2. The van der Waals surface area contributed by atoms with Crippen LogP contribution in [0.3, 0.4) is 0 Å². The lowest BCUT2D eigenvalue weighted by molar-refractivity contribution is -0.134. The highest BCUT2D eigenvalue weighted by molar-refractivity contribution is 6.44. The summed E-state index contributed by atoms with van der Waals surface area (Å²) in [4.78, 5) is 54.2. The Labute approximate surface area is 171 Å². The van der Waals surface area contributed by atoms with Crippen LogP contribution in [-0.2, 0) is 9.59 Å². The van der Waals surface area contributed by atoms with E-state index in [-0.39, 0.29) is 24.0 Å². The summed E-state index contributed by atoms with van der Waals surface area (Å²) >= 11 is 0. The summed E-state index contributed by atoms with van der Waals surface area (Å²) < 4.78 is 0. The minimum absolute atomic E-state index is 0.0584. The Morgan fingerprint density at radius 3 is 1.28 bits per heavy atom. The van der Waals surface area contributed by atoms with E-state index >= 15 is 0 Å². The van der Waals surface area contributed by atoms with Crippen LogP contribution in [0.5, 0.6) is 0 Å². The maximum Gasteiger partial charge on any atom is 0.212 e. The van der Waals surface area contributed by atoms with Crippen molar-refractivity contribution in [1.82, 2.24) is 0 Å². The van der Waals surface area contributed by atoms with Crippen molar-refractivity contribution in [3.05, 3.63) is 71.8 Å². The van der Waals surface area contributed by atoms with Crippen molar-refractivity contribution in [3.63, 3.8) is 0 Å². The summed E-state index contributed by atoms with van der Waals surface area (Å²) in [5.74, 6) is -2.51. The van der Waals surface area contributed by atoms with E-state index in [1.807, 2.05) is 0 Å². The van der Waals surface area contributed by atoms with Crippen LogP contribution in [0.25, 0.3) is 0 Å². The van der Waals surface area contributed by atoms with Crippen LogP contribution in [0, 0.1) is 5.41 Å². The normalized spacial score (nSPS) is 17.9. The van der Waals surface area contributed by atoms with Crippen LogP contribution >= 0.6 is 0 Å². The standard InChI is InChI=1S/C25H26O4/c26-21-17-11-3-1-2-4-12-18-22(27)25(21,23(28)19-13-7-5-8-14-19)24(29)20-15-9-6-10-16-20/h5-10,13-16H,1-4,11-12,17-18H2. The predicted molar refractivity (Wildman–Crippen MR) is 111 cm³/mol. The van der Waals surface area contributed by atoms with E-state index in [9.17, 15) is 19.2 Å². The molecule has 1 saturated carbocycles. The molecule has 4 heteroatoms. The first-order chi connectivity index (χ1) is 14.1. The first kappa shape index (κ1) is 20.8. The summed E-state index contributed by atoms with van der Waals surface area (Å²) in [5, 5.41) is 0. The lowest BCUT2D eigenvalue weighted by atomic mass is 9.66. The van der Waals surface area contributed by atoms with E-state index in [0.29, 0.717) is 12.8 Å². The summed E-state index contributed by atoms with van der Waals surface area (Å²) in [5.41, 5.74) is -1.85. The molecule has 0 amide bonds. The fraction of sp³-hybridized carbons (Fsp3) is 0.360. The van der Waals surface area contributed by atoms with E-state index in [0.717, 1.165) is 25.7 Å². The molecule has 0 aromatic heterocycles. The molecule has 0 saturated heterocycles. The molecule has 1 fully saturated rings. The van der Waals surface area contributed by atoms with Gasteiger partial charge in [-0.15, -0.1) is 0 Å². The molecule has 2 aromatic carbocycles. The Morgan fingerprint density at radius 2 is 0.897 bits per heavy atom. The second kappa shape index (κ2) is 9.55. The van der Waals surface area contributed by atoms with Gasteiger partial charge < -0.3 is 0 Å². The Balaban J connectivity index is 2.17. The molecular formula is C25H26O4.